The van der Waals surface area contributed by atoms with E-state index >= 15 is 0 Å². The van der Waals surface area contributed by atoms with Crippen LogP contribution >= 0.6 is 11.3 Å². The molecule has 1 aliphatic heterocycles. The summed E-state index contributed by atoms with van der Waals surface area (Å²) in [4.78, 5) is 45.2. The summed E-state index contributed by atoms with van der Waals surface area (Å²) in [5, 5.41) is 9.42. The monoisotopic (exact) mass is 396 g/mol. The molecule has 148 valence electrons. The number of imide groups is 1. The van der Waals surface area contributed by atoms with Gasteiger partial charge in [-0.25, -0.2) is 14.6 Å². The Morgan fingerprint density at radius 2 is 2.22 bits per heavy atom. The molecule has 11 heteroatoms. The van der Waals surface area contributed by atoms with Gasteiger partial charge >= 0.3 is 12.0 Å². The van der Waals surface area contributed by atoms with E-state index in [0.29, 0.717) is 29.7 Å². The summed E-state index contributed by atoms with van der Waals surface area (Å²) in [6.45, 7) is 6.37. The van der Waals surface area contributed by atoms with Crippen molar-refractivity contribution in [2.75, 3.05) is 33.3 Å². The van der Waals surface area contributed by atoms with Crippen molar-refractivity contribution in [2.45, 2.75) is 26.8 Å². The predicted molar refractivity (Wildman–Crippen MR) is 101 cm³/mol. The third kappa shape index (κ3) is 5.16. The smallest absolute Gasteiger partial charge is 0.350 e. The number of carbonyl (C=O) groups is 3. The van der Waals surface area contributed by atoms with E-state index < -0.39 is 0 Å². The van der Waals surface area contributed by atoms with E-state index in [1.54, 1.807) is 20.9 Å². The van der Waals surface area contributed by atoms with Crippen LogP contribution in [0.3, 0.4) is 0 Å². The minimum atomic E-state index is -0.386. The van der Waals surface area contributed by atoms with Crippen LogP contribution in [0, 0.1) is 6.92 Å². The third-order valence-corrected chi connectivity index (χ3v) is 5.11. The van der Waals surface area contributed by atoms with Gasteiger partial charge in [0.1, 0.15) is 9.88 Å². The number of guanidine groups is 1. The zero-order valence-electron chi connectivity index (χ0n) is 15.8. The van der Waals surface area contributed by atoms with Gasteiger partial charge < -0.3 is 20.7 Å². The number of ether oxygens (including phenoxy) is 1. The first-order valence-corrected chi connectivity index (χ1v) is 9.38. The fourth-order valence-corrected chi connectivity index (χ4v) is 3.38. The van der Waals surface area contributed by atoms with Crippen molar-refractivity contribution < 1.29 is 19.1 Å². The number of rotatable bonds is 7. The molecule has 1 unspecified atom stereocenters. The van der Waals surface area contributed by atoms with Crippen molar-refractivity contribution in [1.29, 1.82) is 0 Å². The average molecular weight is 396 g/mol. The Morgan fingerprint density at radius 1 is 1.48 bits per heavy atom. The third-order valence-electron chi connectivity index (χ3n) is 3.79. The van der Waals surface area contributed by atoms with Gasteiger partial charge in [0.25, 0.3) is 0 Å². The van der Waals surface area contributed by atoms with Gasteiger partial charge in [-0.15, -0.1) is 11.3 Å². The van der Waals surface area contributed by atoms with Gasteiger partial charge in [-0.3, -0.25) is 14.7 Å². The molecule has 27 heavy (non-hydrogen) atoms. The molecule has 0 spiro atoms. The Bertz CT molecular complexity index is 731. The molecule has 0 aliphatic carbocycles. The maximum atomic E-state index is 11.9. The Balaban J connectivity index is 1.90. The quantitative estimate of drug-likeness (QED) is 0.264. The van der Waals surface area contributed by atoms with E-state index in [1.165, 1.54) is 11.3 Å². The van der Waals surface area contributed by atoms with Crippen molar-refractivity contribution in [1.82, 2.24) is 25.8 Å². The van der Waals surface area contributed by atoms with Crippen LogP contribution in [-0.2, 0) is 9.53 Å². The number of carbonyl (C=O) groups excluding carboxylic acids is 3. The van der Waals surface area contributed by atoms with Crippen LogP contribution in [0.15, 0.2) is 4.99 Å². The second-order valence-electron chi connectivity index (χ2n) is 5.76. The number of hydrogen-bond donors (Lipinski definition) is 3. The van der Waals surface area contributed by atoms with Crippen molar-refractivity contribution in [3.05, 3.63) is 15.6 Å². The lowest BCUT2D eigenvalue weighted by Crippen LogP contribution is -2.43. The molecule has 10 nitrogen and oxygen atoms in total. The number of aromatic nitrogens is 1. The molecule has 2 rings (SSSR count). The Morgan fingerprint density at radius 3 is 2.81 bits per heavy atom. The highest BCUT2D eigenvalue weighted by Gasteiger charge is 2.27. The molecule has 1 aliphatic rings. The fraction of sp³-hybridized carbons (Fsp3) is 0.562. The standard InChI is InChI=1S/C16H24N6O4S/c1-5-26-14(24)12-9(2)20-13(27-12)10(3)21-15(17-4)18-6-7-22-11(23)8-19-16(22)25/h10H,5-8H2,1-4H3,(H,19,25)(H2,17,18,21). The Labute approximate surface area is 161 Å². The first kappa shape index (κ1) is 20.6. The van der Waals surface area contributed by atoms with Crippen molar-refractivity contribution >= 4 is 35.2 Å². The lowest BCUT2D eigenvalue weighted by Gasteiger charge is -2.18. The highest BCUT2D eigenvalue weighted by atomic mass is 32.1. The lowest BCUT2D eigenvalue weighted by atomic mass is 10.3. The second kappa shape index (κ2) is 9.31. The van der Waals surface area contributed by atoms with Gasteiger partial charge in [-0.05, 0) is 20.8 Å². The summed E-state index contributed by atoms with van der Waals surface area (Å²) in [5.74, 6) is -0.120. The summed E-state index contributed by atoms with van der Waals surface area (Å²) >= 11 is 1.28. The first-order chi connectivity index (χ1) is 12.9. The molecule has 1 fully saturated rings. The number of aliphatic imine (C=N–C) groups is 1. The minimum absolute atomic E-state index is 0.0367. The van der Waals surface area contributed by atoms with Gasteiger partial charge in [0.15, 0.2) is 5.96 Å². The lowest BCUT2D eigenvalue weighted by molar-refractivity contribution is -0.124. The Hall–Kier alpha value is -2.69. The minimum Gasteiger partial charge on any atom is -0.462 e. The van der Waals surface area contributed by atoms with E-state index in [-0.39, 0.29) is 37.0 Å². The summed E-state index contributed by atoms with van der Waals surface area (Å²) in [5.41, 5.74) is 0.628. The zero-order chi connectivity index (χ0) is 20.0. The number of aryl methyl sites for hydroxylation is 1. The van der Waals surface area contributed by atoms with Gasteiger partial charge in [-0.1, -0.05) is 0 Å². The largest absolute Gasteiger partial charge is 0.462 e. The highest BCUT2D eigenvalue weighted by Crippen LogP contribution is 2.24. The normalized spacial score (nSPS) is 15.6. The fourth-order valence-electron chi connectivity index (χ4n) is 2.42. The zero-order valence-corrected chi connectivity index (χ0v) is 16.6. The number of amides is 3. The number of hydrogen-bond acceptors (Lipinski definition) is 7. The number of urea groups is 1. The summed E-state index contributed by atoms with van der Waals surface area (Å²) in [7, 11) is 1.62. The van der Waals surface area contributed by atoms with E-state index in [9.17, 15) is 14.4 Å². The van der Waals surface area contributed by atoms with Gasteiger partial charge in [0.2, 0.25) is 5.91 Å². The van der Waals surface area contributed by atoms with Crippen LogP contribution in [-0.4, -0.2) is 67.0 Å². The van der Waals surface area contributed by atoms with E-state index in [0.717, 1.165) is 9.91 Å². The van der Waals surface area contributed by atoms with E-state index in [4.69, 9.17) is 4.74 Å². The molecule has 0 saturated carbocycles. The predicted octanol–water partition coefficient (Wildman–Crippen LogP) is 0.406. The van der Waals surface area contributed by atoms with Crippen molar-refractivity contribution in [3.63, 3.8) is 0 Å². The van der Waals surface area contributed by atoms with Crippen LogP contribution in [0.5, 0.6) is 0 Å². The van der Waals surface area contributed by atoms with Crippen molar-refractivity contribution in [2.24, 2.45) is 4.99 Å². The average Bonchev–Trinajstić information content (AvgIpc) is 3.17. The van der Waals surface area contributed by atoms with Gasteiger partial charge in [0.05, 0.1) is 24.9 Å². The van der Waals surface area contributed by atoms with E-state index in [2.05, 4.69) is 25.9 Å². The van der Waals surface area contributed by atoms with Gasteiger partial charge in [0, 0.05) is 20.1 Å². The summed E-state index contributed by atoms with van der Waals surface area (Å²) in [6, 6.07) is -0.581. The van der Waals surface area contributed by atoms with Crippen LogP contribution < -0.4 is 16.0 Å². The number of thiazole rings is 1. The summed E-state index contributed by atoms with van der Waals surface area (Å²) < 4.78 is 5.03. The molecule has 3 N–H and O–H groups in total. The molecule has 1 atom stereocenters. The van der Waals surface area contributed by atoms with Crippen LogP contribution in [0.25, 0.3) is 0 Å². The molecule has 1 saturated heterocycles. The first-order valence-electron chi connectivity index (χ1n) is 8.57. The van der Waals surface area contributed by atoms with Crippen molar-refractivity contribution in [3.8, 4) is 0 Å². The summed E-state index contributed by atoms with van der Waals surface area (Å²) in [6.07, 6.45) is 0. The molecule has 2 heterocycles. The topological polar surface area (TPSA) is 125 Å². The van der Waals surface area contributed by atoms with E-state index in [1.807, 2.05) is 6.92 Å². The SMILES string of the molecule is CCOC(=O)c1sc(C(C)NC(=NC)NCCN2C(=O)CNC2=O)nc1C. The molecule has 0 bridgehead atoms. The maximum Gasteiger partial charge on any atom is 0.350 e. The van der Waals surface area contributed by atoms with Crippen LogP contribution in [0.1, 0.15) is 40.3 Å². The van der Waals surface area contributed by atoms with Gasteiger partial charge in [-0.2, -0.15) is 0 Å². The van der Waals surface area contributed by atoms with Crippen LogP contribution in [0.2, 0.25) is 0 Å². The number of nitrogens with one attached hydrogen (secondary N) is 3. The molecule has 1 aromatic rings. The molecular formula is C16H24N6O4S. The molecule has 1 aromatic heterocycles. The molecule has 0 radical (unpaired) electrons. The molecule has 3 amide bonds. The van der Waals surface area contributed by atoms with Crippen LogP contribution in [0.4, 0.5) is 4.79 Å². The maximum absolute atomic E-state index is 11.9. The Kier molecular flexibility index (Phi) is 7.11. The molecular weight excluding hydrogens is 372 g/mol. The number of esters is 1. The number of nitrogens with zero attached hydrogens (tertiary/aromatic N) is 3. The highest BCUT2D eigenvalue weighted by molar-refractivity contribution is 7.13. The second-order valence-corrected chi connectivity index (χ2v) is 6.79. The molecule has 0 aromatic carbocycles.